The van der Waals surface area contributed by atoms with E-state index in [1.54, 1.807) is 13.8 Å². The highest BCUT2D eigenvalue weighted by Gasteiger charge is 2.33. The molecule has 0 amide bonds. The molecule has 0 radical (unpaired) electrons. The Balaban J connectivity index is 2.20. The summed E-state index contributed by atoms with van der Waals surface area (Å²) in [6.45, 7) is 3.33. The van der Waals surface area contributed by atoms with Crippen LogP contribution >= 0.6 is 0 Å². The van der Waals surface area contributed by atoms with Crippen molar-refractivity contribution in [2.75, 3.05) is 17.2 Å². The standard InChI is InChI=1S/C17H19N7O9/c1-8-15(25)9(2)20-17(19-8)18-5-3-4-11(16(26)27)21-14-12(23(30)31)6-10(22(28)29)7-13(14)24(32)33/h6-7,11,21,25H,3-5H2,1-2H3,(H,26,27)(H,18,19,20). The van der Waals surface area contributed by atoms with Gasteiger partial charge in [0.15, 0.2) is 11.4 Å². The van der Waals surface area contributed by atoms with Gasteiger partial charge in [-0.15, -0.1) is 0 Å². The Bertz CT molecular complexity index is 1060. The average molecular weight is 465 g/mol. The molecule has 0 saturated heterocycles. The first kappa shape index (κ1) is 24.6. The van der Waals surface area contributed by atoms with Crippen LogP contribution in [0, 0.1) is 44.2 Å². The minimum absolute atomic E-state index is 0.0537. The lowest BCUT2D eigenvalue weighted by Crippen LogP contribution is -2.30. The van der Waals surface area contributed by atoms with Crippen molar-refractivity contribution in [3.63, 3.8) is 0 Å². The number of nitro benzene ring substituents is 3. The molecule has 1 heterocycles. The number of anilines is 2. The lowest BCUT2D eigenvalue weighted by molar-refractivity contribution is -0.401. The molecule has 0 saturated carbocycles. The van der Waals surface area contributed by atoms with Crippen LogP contribution in [-0.2, 0) is 4.79 Å². The van der Waals surface area contributed by atoms with Crippen LogP contribution in [0.1, 0.15) is 24.2 Å². The number of carboxylic acids is 1. The maximum atomic E-state index is 11.6. The van der Waals surface area contributed by atoms with Gasteiger partial charge in [-0.1, -0.05) is 0 Å². The van der Waals surface area contributed by atoms with E-state index in [9.17, 15) is 45.4 Å². The van der Waals surface area contributed by atoms with Crippen LogP contribution in [0.25, 0.3) is 0 Å². The Morgan fingerprint density at radius 2 is 1.55 bits per heavy atom. The van der Waals surface area contributed by atoms with Gasteiger partial charge in [-0.3, -0.25) is 30.3 Å². The van der Waals surface area contributed by atoms with Gasteiger partial charge in [-0.25, -0.2) is 14.8 Å². The SMILES string of the molecule is Cc1nc(NCCCC(Nc2c([N+](=O)[O-])cc([N+](=O)[O-])cc2[N+](=O)[O-])C(=O)O)nc(C)c1O. The molecule has 33 heavy (non-hydrogen) atoms. The quantitative estimate of drug-likeness (QED) is 0.212. The highest BCUT2D eigenvalue weighted by Crippen LogP contribution is 2.39. The zero-order valence-electron chi connectivity index (χ0n) is 17.3. The van der Waals surface area contributed by atoms with Crippen LogP contribution in [0.4, 0.5) is 28.7 Å². The third kappa shape index (κ3) is 5.96. The first-order valence-electron chi connectivity index (χ1n) is 9.31. The van der Waals surface area contributed by atoms with Crippen LogP contribution in [0.3, 0.4) is 0 Å². The average Bonchev–Trinajstić information content (AvgIpc) is 2.73. The van der Waals surface area contributed by atoms with Gasteiger partial charge in [-0.05, 0) is 26.7 Å². The highest BCUT2D eigenvalue weighted by atomic mass is 16.6. The summed E-state index contributed by atoms with van der Waals surface area (Å²) in [4.78, 5) is 50.2. The minimum Gasteiger partial charge on any atom is -0.504 e. The summed E-state index contributed by atoms with van der Waals surface area (Å²) >= 11 is 0. The number of aromatic nitrogens is 2. The fourth-order valence-electron chi connectivity index (χ4n) is 2.87. The number of nitrogens with zero attached hydrogens (tertiary/aromatic N) is 5. The number of aromatic hydroxyl groups is 1. The van der Waals surface area contributed by atoms with Gasteiger partial charge in [-0.2, -0.15) is 0 Å². The van der Waals surface area contributed by atoms with Crippen molar-refractivity contribution >= 4 is 34.7 Å². The van der Waals surface area contributed by atoms with Gasteiger partial charge in [0.2, 0.25) is 5.95 Å². The van der Waals surface area contributed by atoms with Gasteiger partial charge in [0.1, 0.15) is 6.04 Å². The first-order chi connectivity index (χ1) is 15.4. The molecule has 4 N–H and O–H groups in total. The summed E-state index contributed by atoms with van der Waals surface area (Å²) in [5, 5.41) is 57.9. The number of carboxylic acid groups (broad SMARTS) is 1. The third-order valence-electron chi connectivity index (χ3n) is 4.49. The van der Waals surface area contributed by atoms with E-state index < -0.39 is 49.5 Å². The molecule has 0 fully saturated rings. The Labute approximate surface area is 184 Å². The van der Waals surface area contributed by atoms with Gasteiger partial charge in [0, 0.05) is 6.54 Å². The third-order valence-corrected chi connectivity index (χ3v) is 4.49. The number of hydrogen-bond acceptors (Lipinski definition) is 12. The number of aryl methyl sites for hydroxylation is 2. The Morgan fingerprint density at radius 3 is 1.97 bits per heavy atom. The number of nitro groups is 3. The monoisotopic (exact) mass is 465 g/mol. The molecule has 0 aliphatic rings. The van der Waals surface area contributed by atoms with Crippen molar-refractivity contribution in [1.29, 1.82) is 0 Å². The van der Waals surface area contributed by atoms with E-state index in [1.165, 1.54) is 0 Å². The van der Waals surface area contributed by atoms with Crippen LogP contribution < -0.4 is 10.6 Å². The number of nitrogens with one attached hydrogen (secondary N) is 2. The van der Waals surface area contributed by atoms with Crippen molar-refractivity contribution in [3.8, 4) is 5.75 Å². The van der Waals surface area contributed by atoms with Crippen molar-refractivity contribution in [2.45, 2.75) is 32.7 Å². The summed E-state index contributed by atoms with van der Waals surface area (Å²) in [5.41, 5.74) is -2.94. The first-order valence-corrected chi connectivity index (χ1v) is 9.31. The summed E-state index contributed by atoms with van der Waals surface area (Å²) in [6, 6.07) is -0.444. The van der Waals surface area contributed by atoms with Crippen molar-refractivity contribution < 1.29 is 29.8 Å². The fourth-order valence-corrected chi connectivity index (χ4v) is 2.87. The van der Waals surface area contributed by atoms with Gasteiger partial charge >= 0.3 is 17.3 Å². The number of hydrogen-bond donors (Lipinski definition) is 4. The zero-order valence-corrected chi connectivity index (χ0v) is 17.3. The highest BCUT2D eigenvalue weighted by molar-refractivity contribution is 5.83. The number of rotatable bonds is 11. The van der Waals surface area contributed by atoms with E-state index in [1.807, 2.05) is 0 Å². The lowest BCUT2D eigenvalue weighted by Gasteiger charge is -2.16. The smallest absolute Gasteiger partial charge is 0.326 e. The molecule has 0 aliphatic heterocycles. The molecule has 16 heteroatoms. The number of benzene rings is 1. The molecule has 1 aromatic heterocycles. The number of non-ortho nitro benzene ring substituents is 1. The molecule has 1 unspecified atom stereocenters. The molecular formula is C17H19N7O9. The molecule has 1 atom stereocenters. The molecule has 2 aromatic rings. The van der Waals surface area contributed by atoms with Crippen LogP contribution in [0.2, 0.25) is 0 Å². The number of carbonyl (C=O) groups is 1. The Kier molecular flexibility index (Phi) is 7.55. The topological polar surface area (TPSA) is 237 Å². The molecule has 0 bridgehead atoms. The van der Waals surface area contributed by atoms with Crippen LogP contribution in [0.15, 0.2) is 12.1 Å². The maximum Gasteiger partial charge on any atom is 0.326 e. The second kappa shape index (κ2) is 10.1. The zero-order chi connectivity index (χ0) is 24.9. The van der Waals surface area contributed by atoms with E-state index in [2.05, 4.69) is 20.6 Å². The largest absolute Gasteiger partial charge is 0.504 e. The molecule has 0 aliphatic carbocycles. The second-order valence-corrected chi connectivity index (χ2v) is 6.80. The predicted octanol–water partition coefficient (Wildman–Crippen LogP) is 2.28. The van der Waals surface area contributed by atoms with Crippen molar-refractivity contribution in [3.05, 3.63) is 53.9 Å². The Morgan fingerprint density at radius 1 is 1.03 bits per heavy atom. The summed E-state index contributed by atoms with van der Waals surface area (Å²) in [5.74, 6) is -1.30. The van der Waals surface area contributed by atoms with Crippen LogP contribution in [-0.4, -0.2) is 53.5 Å². The molecule has 1 aromatic carbocycles. The molecule has 16 nitrogen and oxygen atoms in total. The van der Waals surface area contributed by atoms with E-state index in [-0.39, 0.29) is 31.1 Å². The molecule has 0 spiro atoms. The summed E-state index contributed by atoms with van der Waals surface area (Å²) in [7, 11) is 0. The van der Waals surface area contributed by atoms with Crippen molar-refractivity contribution in [1.82, 2.24) is 9.97 Å². The van der Waals surface area contributed by atoms with E-state index in [0.717, 1.165) is 0 Å². The Hall–Kier alpha value is -4.63. The second-order valence-electron chi connectivity index (χ2n) is 6.80. The van der Waals surface area contributed by atoms with E-state index in [4.69, 9.17) is 0 Å². The molecule has 176 valence electrons. The maximum absolute atomic E-state index is 11.6. The predicted molar refractivity (Wildman–Crippen MR) is 112 cm³/mol. The van der Waals surface area contributed by atoms with Crippen molar-refractivity contribution in [2.24, 2.45) is 0 Å². The van der Waals surface area contributed by atoms with Crippen LogP contribution in [0.5, 0.6) is 5.75 Å². The van der Waals surface area contributed by atoms with E-state index in [0.29, 0.717) is 23.5 Å². The fraction of sp³-hybridized carbons (Fsp3) is 0.353. The van der Waals surface area contributed by atoms with Gasteiger partial charge < -0.3 is 20.8 Å². The summed E-state index contributed by atoms with van der Waals surface area (Å²) in [6.07, 6.45) is 0.0601. The molecular weight excluding hydrogens is 446 g/mol. The lowest BCUT2D eigenvalue weighted by atomic mass is 10.1. The minimum atomic E-state index is -1.48. The normalized spacial score (nSPS) is 11.5. The molecule has 2 rings (SSSR count). The number of aliphatic carboxylic acids is 1. The van der Waals surface area contributed by atoms with Gasteiger partial charge in [0.25, 0.3) is 5.69 Å². The van der Waals surface area contributed by atoms with E-state index >= 15 is 0 Å². The summed E-state index contributed by atoms with van der Waals surface area (Å²) < 4.78 is 0. The van der Waals surface area contributed by atoms with Gasteiger partial charge in [0.05, 0.1) is 38.3 Å².